The van der Waals surface area contributed by atoms with Crippen LogP contribution in [0.15, 0.2) is 53.5 Å². The lowest BCUT2D eigenvalue weighted by Gasteiger charge is -2.03. The topological polar surface area (TPSA) is 104 Å². The van der Waals surface area contributed by atoms with Crippen molar-refractivity contribution in [3.63, 3.8) is 0 Å². The molecule has 1 heterocycles. The summed E-state index contributed by atoms with van der Waals surface area (Å²) in [6.07, 6.45) is 2.56. The Morgan fingerprint density at radius 1 is 1.31 bits per heavy atom. The van der Waals surface area contributed by atoms with Gasteiger partial charge in [0.1, 0.15) is 12.4 Å². The Balaban J connectivity index is 1.97. The minimum Gasteiger partial charge on any atom is -0.468 e. The number of non-ortho nitro benzene ring substituents is 1. The molecule has 3 aromatic rings. The van der Waals surface area contributed by atoms with Gasteiger partial charge in [0.15, 0.2) is 4.80 Å². The SMILES string of the molecule is COC(=O)Cn1c(=NC(=O)C=Cc2cccc([N+](=O)[O-])c2)sc2cc(F)ccc21. The Hall–Kier alpha value is -3.66. The van der Waals surface area contributed by atoms with E-state index in [0.29, 0.717) is 15.8 Å². The lowest BCUT2D eigenvalue weighted by atomic mass is 10.2. The van der Waals surface area contributed by atoms with E-state index < -0.39 is 22.6 Å². The number of amides is 1. The minimum atomic E-state index is -0.637. The maximum Gasteiger partial charge on any atom is 0.325 e. The van der Waals surface area contributed by atoms with Gasteiger partial charge < -0.3 is 9.30 Å². The number of carbonyl (C=O) groups is 2. The highest BCUT2D eigenvalue weighted by molar-refractivity contribution is 7.16. The monoisotopic (exact) mass is 415 g/mol. The van der Waals surface area contributed by atoms with Crippen LogP contribution in [0.4, 0.5) is 10.1 Å². The fraction of sp³-hybridized carbons (Fsp3) is 0.105. The van der Waals surface area contributed by atoms with Gasteiger partial charge in [-0.3, -0.25) is 19.7 Å². The van der Waals surface area contributed by atoms with Gasteiger partial charge in [0.05, 0.1) is 22.2 Å². The molecule has 3 rings (SSSR count). The molecule has 0 fully saturated rings. The van der Waals surface area contributed by atoms with Crippen molar-refractivity contribution in [2.75, 3.05) is 7.11 Å². The van der Waals surface area contributed by atoms with Gasteiger partial charge in [0.25, 0.3) is 11.6 Å². The van der Waals surface area contributed by atoms with E-state index in [2.05, 4.69) is 9.73 Å². The fourth-order valence-electron chi connectivity index (χ4n) is 2.52. The number of halogens is 1. The maximum atomic E-state index is 13.5. The number of rotatable bonds is 5. The molecule has 8 nitrogen and oxygen atoms in total. The van der Waals surface area contributed by atoms with Crippen molar-refractivity contribution in [3.8, 4) is 0 Å². The first-order valence-corrected chi connectivity index (χ1v) is 9.06. The van der Waals surface area contributed by atoms with Gasteiger partial charge in [0, 0.05) is 18.2 Å². The Bertz CT molecular complexity index is 1210. The molecule has 0 saturated carbocycles. The first-order valence-electron chi connectivity index (χ1n) is 8.24. The smallest absolute Gasteiger partial charge is 0.325 e. The number of nitrogens with zero attached hydrogens (tertiary/aromatic N) is 3. The second kappa shape index (κ2) is 8.57. The molecule has 0 spiro atoms. The molecule has 0 unspecified atom stereocenters. The summed E-state index contributed by atoms with van der Waals surface area (Å²) in [4.78, 5) is 38.5. The van der Waals surface area contributed by atoms with Crippen molar-refractivity contribution in [2.45, 2.75) is 6.54 Å². The van der Waals surface area contributed by atoms with Crippen molar-refractivity contribution < 1.29 is 23.6 Å². The molecule has 0 saturated heterocycles. The van der Waals surface area contributed by atoms with Gasteiger partial charge in [-0.1, -0.05) is 23.5 Å². The number of ether oxygens (including phenoxy) is 1. The number of nitro groups is 1. The molecule has 0 atom stereocenters. The van der Waals surface area contributed by atoms with E-state index in [0.717, 1.165) is 17.4 Å². The highest BCUT2D eigenvalue weighted by Crippen LogP contribution is 2.19. The summed E-state index contributed by atoms with van der Waals surface area (Å²) >= 11 is 1.05. The molecule has 1 aromatic heterocycles. The second-order valence-electron chi connectivity index (χ2n) is 5.79. The zero-order valence-corrected chi connectivity index (χ0v) is 15.9. The zero-order chi connectivity index (χ0) is 21.0. The Kier molecular flexibility index (Phi) is 5.93. The molecule has 10 heteroatoms. The molecule has 0 aliphatic heterocycles. The third kappa shape index (κ3) is 4.79. The van der Waals surface area contributed by atoms with Crippen LogP contribution in [-0.2, 0) is 20.9 Å². The van der Waals surface area contributed by atoms with Crippen LogP contribution < -0.4 is 4.80 Å². The van der Waals surface area contributed by atoms with E-state index >= 15 is 0 Å². The quantitative estimate of drug-likeness (QED) is 0.276. The molecular formula is C19H14FN3O5S. The summed E-state index contributed by atoms with van der Waals surface area (Å²) in [5.74, 6) is -1.63. The third-order valence-corrected chi connectivity index (χ3v) is 4.91. The van der Waals surface area contributed by atoms with Crippen LogP contribution in [0.2, 0.25) is 0 Å². The van der Waals surface area contributed by atoms with Crippen LogP contribution in [-0.4, -0.2) is 28.5 Å². The summed E-state index contributed by atoms with van der Waals surface area (Å²) in [7, 11) is 1.24. The molecule has 0 aliphatic carbocycles. The number of thiazole rings is 1. The first-order chi connectivity index (χ1) is 13.9. The molecular weight excluding hydrogens is 401 g/mol. The molecule has 1 amide bonds. The summed E-state index contributed by atoms with van der Waals surface area (Å²) in [5.41, 5.74) is 0.901. The number of benzene rings is 2. The highest BCUT2D eigenvalue weighted by Gasteiger charge is 2.12. The number of methoxy groups -OCH3 is 1. The zero-order valence-electron chi connectivity index (χ0n) is 15.1. The standard InChI is InChI=1S/C19H14FN3O5S/c1-28-18(25)11-22-15-7-6-13(20)10-16(15)29-19(22)21-17(24)8-5-12-3-2-4-14(9-12)23(26)27/h2-10H,11H2,1H3. The highest BCUT2D eigenvalue weighted by atomic mass is 32.1. The average molecular weight is 415 g/mol. The number of hydrogen-bond donors (Lipinski definition) is 0. The van der Waals surface area contributed by atoms with Gasteiger partial charge >= 0.3 is 5.97 Å². The Morgan fingerprint density at radius 2 is 2.10 bits per heavy atom. The van der Waals surface area contributed by atoms with Gasteiger partial charge in [-0.25, -0.2) is 4.39 Å². The normalized spacial score (nSPS) is 11.9. The Morgan fingerprint density at radius 3 is 2.83 bits per heavy atom. The number of fused-ring (bicyclic) bond motifs is 1. The predicted octanol–water partition coefficient (Wildman–Crippen LogP) is 3.06. The summed E-state index contributed by atoms with van der Waals surface area (Å²) in [6, 6.07) is 9.80. The fourth-order valence-corrected chi connectivity index (χ4v) is 3.58. The molecule has 0 N–H and O–H groups in total. The van der Waals surface area contributed by atoms with E-state index in [-0.39, 0.29) is 17.0 Å². The second-order valence-corrected chi connectivity index (χ2v) is 6.80. The van der Waals surface area contributed by atoms with Gasteiger partial charge in [0.2, 0.25) is 0 Å². The van der Waals surface area contributed by atoms with Gasteiger partial charge in [-0.05, 0) is 29.8 Å². The molecule has 0 radical (unpaired) electrons. The van der Waals surface area contributed by atoms with Crippen LogP contribution in [0.3, 0.4) is 0 Å². The van der Waals surface area contributed by atoms with Crippen LogP contribution in [0, 0.1) is 15.9 Å². The molecule has 2 aromatic carbocycles. The number of esters is 1. The number of aromatic nitrogens is 1. The summed E-state index contributed by atoms with van der Waals surface area (Å²) < 4.78 is 20.2. The van der Waals surface area contributed by atoms with Crippen LogP contribution in [0.1, 0.15) is 5.56 Å². The van der Waals surface area contributed by atoms with Crippen molar-refractivity contribution in [3.05, 3.63) is 74.8 Å². The van der Waals surface area contributed by atoms with E-state index in [9.17, 15) is 24.1 Å². The average Bonchev–Trinajstić information content (AvgIpc) is 3.02. The lowest BCUT2D eigenvalue weighted by Crippen LogP contribution is -2.22. The summed E-state index contributed by atoms with van der Waals surface area (Å²) in [5, 5.41) is 10.8. The van der Waals surface area contributed by atoms with Crippen LogP contribution in [0.25, 0.3) is 16.3 Å². The van der Waals surface area contributed by atoms with E-state index in [1.165, 1.54) is 54.2 Å². The van der Waals surface area contributed by atoms with Crippen LogP contribution >= 0.6 is 11.3 Å². The number of nitro benzene ring substituents is 1. The van der Waals surface area contributed by atoms with Crippen molar-refractivity contribution in [1.82, 2.24) is 4.57 Å². The van der Waals surface area contributed by atoms with E-state index in [4.69, 9.17) is 0 Å². The van der Waals surface area contributed by atoms with Crippen molar-refractivity contribution in [1.29, 1.82) is 0 Å². The third-order valence-electron chi connectivity index (χ3n) is 3.86. The number of carbonyl (C=O) groups excluding carboxylic acids is 2. The van der Waals surface area contributed by atoms with E-state index in [1.807, 2.05) is 0 Å². The van der Waals surface area contributed by atoms with Crippen molar-refractivity contribution in [2.24, 2.45) is 4.99 Å². The number of hydrogen-bond acceptors (Lipinski definition) is 6. The van der Waals surface area contributed by atoms with Crippen LogP contribution in [0.5, 0.6) is 0 Å². The lowest BCUT2D eigenvalue weighted by molar-refractivity contribution is -0.384. The molecule has 0 aliphatic rings. The predicted molar refractivity (Wildman–Crippen MR) is 104 cm³/mol. The largest absolute Gasteiger partial charge is 0.468 e. The minimum absolute atomic E-state index is 0.0982. The maximum absolute atomic E-state index is 13.5. The molecule has 0 bridgehead atoms. The molecule has 148 valence electrons. The van der Waals surface area contributed by atoms with Crippen molar-refractivity contribution >= 4 is 45.2 Å². The Labute approximate surface area is 167 Å². The molecule has 29 heavy (non-hydrogen) atoms. The summed E-state index contributed by atoms with van der Waals surface area (Å²) in [6.45, 7) is -0.192. The van der Waals surface area contributed by atoms with Gasteiger partial charge in [-0.2, -0.15) is 4.99 Å². The first kappa shape index (κ1) is 20.1. The van der Waals surface area contributed by atoms with E-state index in [1.54, 1.807) is 6.07 Å². The van der Waals surface area contributed by atoms with Gasteiger partial charge in [-0.15, -0.1) is 0 Å².